The summed E-state index contributed by atoms with van der Waals surface area (Å²) >= 11 is 0. The van der Waals surface area contributed by atoms with Crippen molar-refractivity contribution in [2.24, 2.45) is 0 Å². The van der Waals surface area contributed by atoms with Crippen LogP contribution in [0.4, 0.5) is 0 Å². The molecule has 6 heteroatoms. The Kier molecular flexibility index (Phi) is 3.91. The van der Waals surface area contributed by atoms with Crippen LogP contribution < -0.4 is 9.47 Å². The van der Waals surface area contributed by atoms with Crippen LogP contribution in [0.25, 0.3) is 22.8 Å². The van der Waals surface area contributed by atoms with E-state index in [9.17, 15) is 0 Å². The van der Waals surface area contributed by atoms with Crippen molar-refractivity contribution in [2.75, 3.05) is 14.2 Å². The summed E-state index contributed by atoms with van der Waals surface area (Å²) in [4.78, 5) is 8.52. The summed E-state index contributed by atoms with van der Waals surface area (Å²) in [6.45, 7) is 0. The predicted octanol–water partition coefficient (Wildman–Crippen LogP) is 2.62. The van der Waals surface area contributed by atoms with E-state index in [1.807, 2.05) is 36.4 Å². The molecule has 1 aromatic carbocycles. The number of aromatic nitrogens is 4. The predicted molar refractivity (Wildman–Crippen MR) is 81.6 cm³/mol. The van der Waals surface area contributed by atoms with Gasteiger partial charge in [-0.05, 0) is 30.3 Å². The van der Waals surface area contributed by atoms with Crippen LogP contribution in [-0.4, -0.2) is 34.4 Å². The number of pyridine rings is 1. The highest BCUT2D eigenvalue weighted by Crippen LogP contribution is 2.31. The van der Waals surface area contributed by atoms with Crippen LogP contribution in [0.5, 0.6) is 11.5 Å². The molecule has 3 aromatic rings. The maximum Gasteiger partial charge on any atom is 0.200 e. The van der Waals surface area contributed by atoms with E-state index in [1.165, 1.54) is 0 Å². The number of nitrogens with zero attached hydrogens (tertiary/aromatic N) is 4. The van der Waals surface area contributed by atoms with Gasteiger partial charge in [0.25, 0.3) is 0 Å². The molecule has 2 heterocycles. The van der Waals surface area contributed by atoms with Gasteiger partial charge >= 0.3 is 0 Å². The van der Waals surface area contributed by atoms with Crippen LogP contribution in [0.3, 0.4) is 0 Å². The van der Waals surface area contributed by atoms with Gasteiger partial charge in [-0.3, -0.25) is 4.98 Å². The smallest absolute Gasteiger partial charge is 0.200 e. The summed E-state index contributed by atoms with van der Waals surface area (Å²) in [5.41, 5.74) is 2.19. The zero-order valence-corrected chi connectivity index (χ0v) is 12.2. The van der Waals surface area contributed by atoms with Crippen molar-refractivity contribution in [1.82, 2.24) is 20.2 Å². The van der Waals surface area contributed by atoms with Crippen molar-refractivity contribution in [2.45, 2.75) is 0 Å². The third-order valence-corrected chi connectivity index (χ3v) is 3.13. The van der Waals surface area contributed by atoms with Crippen LogP contribution in [0.1, 0.15) is 0 Å². The minimum atomic E-state index is 0.491. The Morgan fingerprint density at radius 2 is 1.68 bits per heavy atom. The maximum atomic E-state index is 5.29. The quantitative estimate of drug-likeness (QED) is 0.736. The van der Waals surface area contributed by atoms with Crippen molar-refractivity contribution >= 4 is 0 Å². The molecule has 3 rings (SSSR count). The molecule has 110 valence electrons. The van der Waals surface area contributed by atoms with Crippen LogP contribution >= 0.6 is 0 Å². The SMILES string of the molecule is COc1ccc(-c2cnc(-c3ccccn3)nn2)cc1OC. The van der Waals surface area contributed by atoms with E-state index in [2.05, 4.69) is 20.2 Å². The van der Waals surface area contributed by atoms with Gasteiger partial charge in [-0.25, -0.2) is 4.98 Å². The summed E-state index contributed by atoms with van der Waals surface area (Å²) in [6, 6.07) is 11.1. The Balaban J connectivity index is 1.93. The zero-order chi connectivity index (χ0) is 15.4. The first-order chi connectivity index (χ1) is 10.8. The van der Waals surface area contributed by atoms with Gasteiger partial charge in [0.15, 0.2) is 17.3 Å². The molecule has 0 radical (unpaired) electrons. The van der Waals surface area contributed by atoms with Crippen LogP contribution in [-0.2, 0) is 0 Å². The molecule has 0 bridgehead atoms. The molecular formula is C16H14N4O2. The molecule has 22 heavy (non-hydrogen) atoms. The molecule has 0 atom stereocenters. The molecule has 0 N–H and O–H groups in total. The van der Waals surface area contributed by atoms with E-state index in [0.717, 1.165) is 5.56 Å². The van der Waals surface area contributed by atoms with Gasteiger partial charge < -0.3 is 9.47 Å². The standard InChI is InChI=1S/C16H14N4O2/c1-21-14-7-6-11(9-15(14)22-2)13-10-18-16(20-19-13)12-5-3-4-8-17-12/h3-10H,1-2H3. The highest BCUT2D eigenvalue weighted by atomic mass is 16.5. The Morgan fingerprint density at radius 3 is 2.32 bits per heavy atom. The highest BCUT2D eigenvalue weighted by Gasteiger charge is 2.09. The van der Waals surface area contributed by atoms with E-state index in [-0.39, 0.29) is 0 Å². The summed E-state index contributed by atoms with van der Waals surface area (Å²) < 4.78 is 10.5. The molecule has 0 amide bonds. The van der Waals surface area contributed by atoms with Crippen molar-refractivity contribution in [3.63, 3.8) is 0 Å². The summed E-state index contributed by atoms with van der Waals surface area (Å²) in [7, 11) is 3.19. The third kappa shape index (κ3) is 2.71. The Morgan fingerprint density at radius 1 is 0.818 bits per heavy atom. The molecule has 0 aliphatic heterocycles. The number of ether oxygens (including phenoxy) is 2. The summed E-state index contributed by atoms with van der Waals surface area (Å²) in [5.74, 6) is 1.79. The number of benzene rings is 1. The van der Waals surface area contributed by atoms with Gasteiger partial charge in [0, 0.05) is 11.8 Å². The van der Waals surface area contributed by atoms with Gasteiger partial charge in [0.05, 0.1) is 20.4 Å². The second-order valence-electron chi connectivity index (χ2n) is 4.45. The average molecular weight is 294 g/mol. The van der Waals surface area contributed by atoms with Gasteiger partial charge in [-0.1, -0.05) is 6.07 Å². The second kappa shape index (κ2) is 6.17. The van der Waals surface area contributed by atoms with Gasteiger partial charge in [-0.2, -0.15) is 0 Å². The summed E-state index contributed by atoms with van der Waals surface area (Å²) in [5, 5.41) is 8.34. The van der Waals surface area contributed by atoms with Crippen molar-refractivity contribution < 1.29 is 9.47 Å². The lowest BCUT2D eigenvalue weighted by atomic mass is 10.1. The normalized spacial score (nSPS) is 10.3. The first kappa shape index (κ1) is 13.9. The number of rotatable bonds is 4. The van der Waals surface area contributed by atoms with E-state index >= 15 is 0 Å². The first-order valence-electron chi connectivity index (χ1n) is 6.65. The Bertz CT molecular complexity index is 761. The minimum Gasteiger partial charge on any atom is -0.493 e. The van der Waals surface area contributed by atoms with Crippen LogP contribution in [0, 0.1) is 0 Å². The first-order valence-corrected chi connectivity index (χ1v) is 6.65. The molecule has 6 nitrogen and oxygen atoms in total. The number of methoxy groups -OCH3 is 2. The third-order valence-electron chi connectivity index (χ3n) is 3.13. The van der Waals surface area contributed by atoms with Crippen molar-refractivity contribution in [3.8, 4) is 34.3 Å². The summed E-state index contributed by atoms with van der Waals surface area (Å²) in [6.07, 6.45) is 3.36. The number of hydrogen-bond donors (Lipinski definition) is 0. The topological polar surface area (TPSA) is 70.0 Å². The zero-order valence-electron chi connectivity index (χ0n) is 12.2. The van der Waals surface area contributed by atoms with E-state index in [1.54, 1.807) is 26.6 Å². The van der Waals surface area contributed by atoms with Gasteiger partial charge in [-0.15, -0.1) is 10.2 Å². The fraction of sp³-hybridized carbons (Fsp3) is 0.125. The van der Waals surface area contributed by atoms with Crippen LogP contribution in [0.15, 0.2) is 48.8 Å². The van der Waals surface area contributed by atoms with E-state index in [0.29, 0.717) is 28.7 Å². The molecule has 0 spiro atoms. The Labute approximate surface area is 127 Å². The molecule has 2 aromatic heterocycles. The van der Waals surface area contributed by atoms with Gasteiger partial charge in [0.1, 0.15) is 11.4 Å². The lowest BCUT2D eigenvalue weighted by Gasteiger charge is -2.09. The largest absolute Gasteiger partial charge is 0.493 e. The van der Waals surface area contributed by atoms with Crippen molar-refractivity contribution in [3.05, 3.63) is 48.8 Å². The fourth-order valence-electron chi connectivity index (χ4n) is 2.02. The molecule has 0 aliphatic carbocycles. The van der Waals surface area contributed by atoms with Crippen molar-refractivity contribution in [1.29, 1.82) is 0 Å². The average Bonchev–Trinajstić information content (AvgIpc) is 2.62. The van der Waals surface area contributed by atoms with E-state index < -0.39 is 0 Å². The molecular weight excluding hydrogens is 280 g/mol. The lowest BCUT2D eigenvalue weighted by Crippen LogP contribution is -1.97. The van der Waals surface area contributed by atoms with Crippen LogP contribution in [0.2, 0.25) is 0 Å². The second-order valence-corrected chi connectivity index (χ2v) is 4.45. The minimum absolute atomic E-state index is 0.491. The maximum absolute atomic E-state index is 5.29. The fourth-order valence-corrected chi connectivity index (χ4v) is 2.02. The molecule has 0 aliphatic rings. The molecule has 0 fully saturated rings. The van der Waals surface area contributed by atoms with E-state index in [4.69, 9.17) is 9.47 Å². The molecule has 0 saturated heterocycles. The lowest BCUT2D eigenvalue weighted by molar-refractivity contribution is 0.355. The Hall–Kier alpha value is -3.02. The molecule has 0 saturated carbocycles. The monoisotopic (exact) mass is 294 g/mol. The highest BCUT2D eigenvalue weighted by molar-refractivity contribution is 5.63. The van der Waals surface area contributed by atoms with Gasteiger partial charge in [0.2, 0.25) is 0 Å². The molecule has 0 unspecified atom stereocenters. The number of hydrogen-bond acceptors (Lipinski definition) is 6.